The molecule has 1 aliphatic rings. The number of nitrogens with one attached hydrogen (secondary N) is 1. The van der Waals surface area contributed by atoms with Crippen molar-refractivity contribution >= 4 is 33.5 Å². The van der Waals surface area contributed by atoms with Crippen molar-refractivity contribution in [2.75, 3.05) is 32.1 Å². The second-order valence-electron chi connectivity index (χ2n) is 4.88. The number of aryl methyl sites for hydroxylation is 1. The quantitative estimate of drug-likeness (QED) is 0.768. The van der Waals surface area contributed by atoms with Gasteiger partial charge in [0.25, 0.3) is 5.91 Å². The van der Waals surface area contributed by atoms with E-state index in [0.717, 1.165) is 15.7 Å². The normalized spacial score (nSPS) is 14.5. The number of benzene rings is 1. The van der Waals surface area contributed by atoms with Gasteiger partial charge in [-0.2, -0.15) is 0 Å². The van der Waals surface area contributed by atoms with Gasteiger partial charge in [-0.1, -0.05) is 22.0 Å². The summed E-state index contributed by atoms with van der Waals surface area (Å²) in [5.41, 5.74) is 2.13. The number of esters is 1. The summed E-state index contributed by atoms with van der Waals surface area (Å²) in [6.07, 6.45) is 0. The van der Waals surface area contributed by atoms with E-state index in [4.69, 9.17) is 9.84 Å². The standard InChI is InChI=1S/C15H17BrN2O4/c1-9-3-4-10(16)7-12(9)17-13-11(15(21)22-2)8-18(5-6-19)14(13)20/h3-4,7,17,19H,5-6,8H2,1-2H3. The number of methoxy groups -OCH3 is 1. The number of rotatable bonds is 5. The van der Waals surface area contributed by atoms with Crippen molar-refractivity contribution in [2.24, 2.45) is 0 Å². The number of aliphatic hydroxyl groups is 1. The first-order chi connectivity index (χ1) is 10.5. The van der Waals surface area contributed by atoms with E-state index in [-0.39, 0.29) is 36.9 Å². The van der Waals surface area contributed by atoms with Gasteiger partial charge >= 0.3 is 5.97 Å². The SMILES string of the molecule is COC(=O)C1=C(Nc2cc(Br)ccc2C)C(=O)N(CCO)C1. The number of aliphatic hydroxyl groups excluding tert-OH is 1. The van der Waals surface area contributed by atoms with Crippen LogP contribution in [-0.2, 0) is 14.3 Å². The summed E-state index contributed by atoms with van der Waals surface area (Å²) in [6.45, 7) is 2.03. The maximum absolute atomic E-state index is 12.4. The van der Waals surface area contributed by atoms with Gasteiger partial charge in [0.05, 0.1) is 25.8 Å². The highest BCUT2D eigenvalue weighted by Crippen LogP contribution is 2.26. The third-order valence-corrected chi connectivity index (χ3v) is 3.91. The minimum Gasteiger partial charge on any atom is -0.466 e. The monoisotopic (exact) mass is 368 g/mol. The lowest BCUT2D eigenvalue weighted by Crippen LogP contribution is -2.31. The van der Waals surface area contributed by atoms with Gasteiger partial charge in [0.1, 0.15) is 5.70 Å². The van der Waals surface area contributed by atoms with Gasteiger partial charge < -0.3 is 20.1 Å². The number of ether oxygens (including phenoxy) is 1. The minimum absolute atomic E-state index is 0.126. The van der Waals surface area contributed by atoms with Gasteiger partial charge in [-0.25, -0.2) is 4.79 Å². The van der Waals surface area contributed by atoms with E-state index in [1.807, 2.05) is 25.1 Å². The van der Waals surface area contributed by atoms with Crippen LogP contribution < -0.4 is 5.32 Å². The number of hydrogen-bond acceptors (Lipinski definition) is 5. The zero-order chi connectivity index (χ0) is 16.3. The Balaban J connectivity index is 2.36. The Morgan fingerprint density at radius 2 is 2.23 bits per heavy atom. The number of carbonyl (C=O) groups is 2. The average molecular weight is 369 g/mol. The van der Waals surface area contributed by atoms with Crippen molar-refractivity contribution < 1.29 is 19.4 Å². The van der Waals surface area contributed by atoms with E-state index in [0.29, 0.717) is 0 Å². The van der Waals surface area contributed by atoms with Gasteiger partial charge in [0.2, 0.25) is 0 Å². The third-order valence-electron chi connectivity index (χ3n) is 3.41. The molecular formula is C15H17BrN2O4. The van der Waals surface area contributed by atoms with E-state index in [1.54, 1.807) is 0 Å². The molecule has 1 aromatic carbocycles. The summed E-state index contributed by atoms with van der Waals surface area (Å²) in [7, 11) is 1.27. The van der Waals surface area contributed by atoms with Gasteiger partial charge in [-0.15, -0.1) is 0 Å². The molecule has 0 aromatic heterocycles. The van der Waals surface area contributed by atoms with Crippen LogP contribution in [0.3, 0.4) is 0 Å². The lowest BCUT2D eigenvalue weighted by molar-refractivity contribution is -0.136. The van der Waals surface area contributed by atoms with Crippen molar-refractivity contribution in [3.05, 3.63) is 39.5 Å². The summed E-state index contributed by atoms with van der Waals surface area (Å²) in [6, 6.07) is 5.62. The smallest absolute Gasteiger partial charge is 0.337 e. The number of nitrogens with zero attached hydrogens (tertiary/aromatic N) is 1. The van der Waals surface area contributed by atoms with Gasteiger partial charge in [0, 0.05) is 16.7 Å². The zero-order valence-electron chi connectivity index (χ0n) is 12.4. The number of halogens is 1. The van der Waals surface area contributed by atoms with E-state index in [2.05, 4.69) is 21.2 Å². The number of hydrogen-bond donors (Lipinski definition) is 2. The second-order valence-corrected chi connectivity index (χ2v) is 5.80. The largest absolute Gasteiger partial charge is 0.466 e. The molecule has 7 heteroatoms. The third kappa shape index (κ3) is 3.31. The molecule has 0 aliphatic carbocycles. The van der Waals surface area contributed by atoms with Crippen LogP contribution >= 0.6 is 15.9 Å². The molecule has 118 valence electrons. The number of carbonyl (C=O) groups excluding carboxylic acids is 2. The molecule has 0 radical (unpaired) electrons. The van der Waals surface area contributed by atoms with Crippen molar-refractivity contribution in [2.45, 2.75) is 6.92 Å². The maximum atomic E-state index is 12.4. The fourth-order valence-corrected chi connectivity index (χ4v) is 2.57. The van der Waals surface area contributed by atoms with Gasteiger partial charge in [-0.05, 0) is 24.6 Å². The van der Waals surface area contributed by atoms with Crippen molar-refractivity contribution in [1.29, 1.82) is 0 Å². The first kappa shape index (κ1) is 16.5. The van der Waals surface area contributed by atoms with Gasteiger partial charge in [0.15, 0.2) is 0 Å². The Bertz CT molecular complexity index is 642. The molecule has 0 atom stereocenters. The molecule has 0 bridgehead atoms. The van der Waals surface area contributed by atoms with Crippen molar-refractivity contribution in [3.63, 3.8) is 0 Å². The second kappa shape index (κ2) is 6.93. The molecule has 1 heterocycles. The fraction of sp³-hybridized carbons (Fsp3) is 0.333. The predicted molar refractivity (Wildman–Crippen MR) is 85.2 cm³/mol. The van der Waals surface area contributed by atoms with E-state index < -0.39 is 5.97 Å². The van der Waals surface area contributed by atoms with E-state index >= 15 is 0 Å². The lowest BCUT2D eigenvalue weighted by atomic mass is 10.1. The molecule has 0 saturated heterocycles. The molecule has 0 fully saturated rings. The maximum Gasteiger partial charge on any atom is 0.337 e. The summed E-state index contributed by atoms with van der Waals surface area (Å²) in [5, 5.41) is 12.1. The summed E-state index contributed by atoms with van der Waals surface area (Å²) < 4.78 is 5.60. The average Bonchev–Trinajstić information content (AvgIpc) is 2.80. The Hall–Kier alpha value is -1.86. The van der Waals surface area contributed by atoms with Crippen LogP contribution in [0.5, 0.6) is 0 Å². The Kier molecular flexibility index (Phi) is 5.20. The van der Waals surface area contributed by atoms with Crippen LogP contribution in [0.4, 0.5) is 5.69 Å². The number of amides is 1. The van der Waals surface area contributed by atoms with Crippen molar-refractivity contribution in [1.82, 2.24) is 4.90 Å². The highest BCUT2D eigenvalue weighted by atomic mass is 79.9. The first-order valence-corrected chi connectivity index (χ1v) is 7.52. The van der Waals surface area contributed by atoms with Crippen LogP contribution in [0.15, 0.2) is 33.9 Å². The topological polar surface area (TPSA) is 78.9 Å². The fourth-order valence-electron chi connectivity index (χ4n) is 2.21. The molecule has 2 N–H and O–H groups in total. The van der Waals surface area contributed by atoms with Crippen LogP contribution in [0.25, 0.3) is 0 Å². The van der Waals surface area contributed by atoms with Crippen molar-refractivity contribution in [3.8, 4) is 0 Å². The lowest BCUT2D eigenvalue weighted by Gasteiger charge is -2.15. The first-order valence-electron chi connectivity index (χ1n) is 6.72. The molecule has 6 nitrogen and oxygen atoms in total. The minimum atomic E-state index is -0.552. The highest BCUT2D eigenvalue weighted by molar-refractivity contribution is 9.10. The number of β-amino-alcohol motifs (C(OH)–C–C–N with tert-alkyl or cyclic N) is 1. The zero-order valence-corrected chi connectivity index (χ0v) is 13.9. The summed E-state index contributed by atoms with van der Waals surface area (Å²) in [4.78, 5) is 25.7. The van der Waals surface area contributed by atoms with Crippen LogP contribution in [0.1, 0.15) is 5.56 Å². The Morgan fingerprint density at radius 3 is 2.86 bits per heavy atom. The predicted octanol–water partition coefficient (Wildman–Crippen LogP) is 1.43. The molecular weight excluding hydrogens is 352 g/mol. The van der Waals surface area contributed by atoms with E-state index in [1.165, 1.54) is 12.0 Å². The molecule has 0 saturated carbocycles. The molecule has 1 aliphatic heterocycles. The Labute approximate surface area is 136 Å². The van der Waals surface area contributed by atoms with Gasteiger partial charge in [-0.3, -0.25) is 4.79 Å². The molecule has 1 amide bonds. The Morgan fingerprint density at radius 1 is 1.50 bits per heavy atom. The molecule has 1 aromatic rings. The van der Waals surface area contributed by atoms with Crippen LogP contribution in [0, 0.1) is 6.92 Å². The molecule has 0 unspecified atom stereocenters. The summed E-state index contributed by atoms with van der Waals surface area (Å²) >= 11 is 3.38. The summed E-state index contributed by atoms with van der Waals surface area (Å²) in [5.74, 6) is -0.877. The molecule has 22 heavy (non-hydrogen) atoms. The highest BCUT2D eigenvalue weighted by Gasteiger charge is 2.34. The van der Waals surface area contributed by atoms with Crippen LogP contribution in [-0.4, -0.2) is 48.7 Å². The number of anilines is 1. The molecule has 2 rings (SSSR count). The van der Waals surface area contributed by atoms with Crippen LogP contribution in [0.2, 0.25) is 0 Å². The van der Waals surface area contributed by atoms with E-state index in [9.17, 15) is 9.59 Å². The molecule has 0 spiro atoms.